The monoisotopic (exact) mass is 267 g/mol. The van der Waals surface area contributed by atoms with Crippen molar-refractivity contribution in [2.75, 3.05) is 26.2 Å². The highest BCUT2D eigenvalue weighted by atomic mass is 32.1. The van der Waals surface area contributed by atoms with Gasteiger partial charge in [-0.2, -0.15) is 0 Å². The lowest BCUT2D eigenvalue weighted by Crippen LogP contribution is -2.48. The molecule has 4 nitrogen and oxygen atoms in total. The first-order valence-electron chi connectivity index (χ1n) is 6.60. The van der Waals surface area contributed by atoms with Crippen LogP contribution in [0.4, 0.5) is 0 Å². The second-order valence-electron chi connectivity index (χ2n) is 4.79. The van der Waals surface area contributed by atoms with Gasteiger partial charge in [-0.05, 0) is 13.3 Å². The highest BCUT2D eigenvalue weighted by Crippen LogP contribution is 2.13. The Morgan fingerprint density at radius 2 is 2.11 bits per heavy atom. The van der Waals surface area contributed by atoms with Gasteiger partial charge in [0.1, 0.15) is 5.01 Å². The van der Waals surface area contributed by atoms with Crippen LogP contribution in [-0.2, 0) is 11.3 Å². The van der Waals surface area contributed by atoms with E-state index in [1.165, 1.54) is 5.01 Å². The standard InChI is InChI=1S/C13H21N3OS/c1-3-4-13(17)16-7-5-15(6-8-16)9-12-14-11(2)10-18-12/h10H,3-9H2,1-2H3. The summed E-state index contributed by atoms with van der Waals surface area (Å²) in [7, 11) is 0. The van der Waals surface area contributed by atoms with Crippen molar-refractivity contribution in [2.45, 2.75) is 33.2 Å². The number of thiazole rings is 1. The number of aromatic nitrogens is 1. The van der Waals surface area contributed by atoms with Gasteiger partial charge in [0.15, 0.2) is 0 Å². The van der Waals surface area contributed by atoms with Crippen molar-refractivity contribution in [3.05, 3.63) is 16.1 Å². The smallest absolute Gasteiger partial charge is 0.222 e. The van der Waals surface area contributed by atoms with Gasteiger partial charge in [0.25, 0.3) is 0 Å². The number of hydrogen-bond donors (Lipinski definition) is 0. The number of aryl methyl sites for hydroxylation is 1. The van der Waals surface area contributed by atoms with Gasteiger partial charge >= 0.3 is 0 Å². The van der Waals surface area contributed by atoms with E-state index in [0.29, 0.717) is 12.3 Å². The molecule has 1 aliphatic heterocycles. The molecule has 0 N–H and O–H groups in total. The van der Waals surface area contributed by atoms with E-state index in [-0.39, 0.29) is 0 Å². The Morgan fingerprint density at radius 1 is 1.39 bits per heavy atom. The number of carbonyl (C=O) groups excluding carboxylic acids is 1. The zero-order valence-corrected chi connectivity index (χ0v) is 12.0. The lowest BCUT2D eigenvalue weighted by atomic mass is 10.2. The summed E-state index contributed by atoms with van der Waals surface area (Å²) in [6.45, 7) is 8.67. The number of hydrogen-bond acceptors (Lipinski definition) is 4. The van der Waals surface area contributed by atoms with Crippen LogP contribution >= 0.6 is 11.3 Å². The SMILES string of the molecule is CCCC(=O)N1CCN(Cc2nc(C)cs2)CC1. The summed E-state index contributed by atoms with van der Waals surface area (Å²) in [6.07, 6.45) is 1.63. The van der Waals surface area contributed by atoms with Crippen molar-refractivity contribution in [2.24, 2.45) is 0 Å². The normalized spacial score (nSPS) is 17.1. The molecule has 0 bridgehead atoms. The minimum Gasteiger partial charge on any atom is -0.340 e. The minimum atomic E-state index is 0.308. The Balaban J connectivity index is 1.78. The molecule has 0 unspecified atom stereocenters. The molecule has 2 heterocycles. The first-order valence-corrected chi connectivity index (χ1v) is 7.48. The van der Waals surface area contributed by atoms with Gasteiger partial charge in [-0.15, -0.1) is 11.3 Å². The topological polar surface area (TPSA) is 36.4 Å². The fourth-order valence-corrected chi connectivity index (χ4v) is 3.01. The Bertz CT molecular complexity index is 397. The molecule has 0 saturated carbocycles. The van der Waals surface area contributed by atoms with E-state index >= 15 is 0 Å². The van der Waals surface area contributed by atoms with Gasteiger partial charge in [0, 0.05) is 43.7 Å². The summed E-state index contributed by atoms with van der Waals surface area (Å²) in [5, 5.41) is 3.27. The van der Waals surface area contributed by atoms with E-state index in [1.54, 1.807) is 11.3 Å². The van der Waals surface area contributed by atoms with E-state index < -0.39 is 0 Å². The van der Waals surface area contributed by atoms with Gasteiger partial charge in [-0.1, -0.05) is 6.92 Å². The highest BCUT2D eigenvalue weighted by Gasteiger charge is 2.20. The van der Waals surface area contributed by atoms with Crippen molar-refractivity contribution in [1.82, 2.24) is 14.8 Å². The van der Waals surface area contributed by atoms with Crippen LogP contribution in [0, 0.1) is 6.92 Å². The molecule has 2 rings (SSSR count). The predicted octanol–water partition coefficient (Wildman–Crippen LogP) is 1.90. The number of amides is 1. The Labute approximate surface area is 113 Å². The molecular formula is C13H21N3OS. The molecule has 0 radical (unpaired) electrons. The van der Waals surface area contributed by atoms with E-state index in [2.05, 4.69) is 22.2 Å². The van der Waals surface area contributed by atoms with E-state index in [9.17, 15) is 4.79 Å². The van der Waals surface area contributed by atoms with Gasteiger partial charge in [0.2, 0.25) is 5.91 Å². The molecule has 18 heavy (non-hydrogen) atoms. The Morgan fingerprint density at radius 3 is 2.67 bits per heavy atom. The molecule has 1 amide bonds. The lowest BCUT2D eigenvalue weighted by Gasteiger charge is -2.34. The maximum atomic E-state index is 11.8. The van der Waals surface area contributed by atoms with Crippen LogP contribution in [0.25, 0.3) is 0 Å². The zero-order valence-electron chi connectivity index (χ0n) is 11.2. The van der Waals surface area contributed by atoms with E-state index in [0.717, 1.165) is 44.8 Å². The molecule has 1 saturated heterocycles. The molecule has 100 valence electrons. The van der Waals surface area contributed by atoms with Crippen LogP contribution in [0.1, 0.15) is 30.5 Å². The van der Waals surface area contributed by atoms with E-state index in [1.807, 2.05) is 11.8 Å². The molecule has 1 aliphatic rings. The Kier molecular flexibility index (Phi) is 4.72. The second-order valence-corrected chi connectivity index (χ2v) is 5.73. The fourth-order valence-electron chi connectivity index (χ4n) is 2.19. The molecule has 1 fully saturated rings. The average molecular weight is 267 g/mol. The summed E-state index contributed by atoms with van der Waals surface area (Å²) >= 11 is 1.73. The van der Waals surface area contributed by atoms with Crippen LogP contribution in [0.2, 0.25) is 0 Å². The lowest BCUT2D eigenvalue weighted by molar-refractivity contribution is -0.133. The first-order chi connectivity index (χ1) is 8.69. The van der Waals surface area contributed by atoms with Gasteiger partial charge in [0.05, 0.1) is 6.54 Å². The summed E-state index contributed by atoms with van der Waals surface area (Å²) in [4.78, 5) is 20.6. The molecule has 1 aromatic rings. The van der Waals surface area contributed by atoms with Crippen LogP contribution < -0.4 is 0 Å². The molecule has 5 heteroatoms. The molecule has 0 aromatic carbocycles. The quantitative estimate of drug-likeness (QED) is 0.836. The molecule has 0 aliphatic carbocycles. The maximum Gasteiger partial charge on any atom is 0.222 e. The van der Waals surface area contributed by atoms with Gasteiger partial charge < -0.3 is 4.90 Å². The number of nitrogens with zero attached hydrogens (tertiary/aromatic N) is 3. The van der Waals surface area contributed by atoms with Crippen molar-refractivity contribution in [3.8, 4) is 0 Å². The maximum absolute atomic E-state index is 11.8. The van der Waals surface area contributed by atoms with E-state index in [4.69, 9.17) is 0 Å². The van der Waals surface area contributed by atoms with Gasteiger partial charge in [-0.3, -0.25) is 9.69 Å². The summed E-state index contributed by atoms with van der Waals surface area (Å²) in [6, 6.07) is 0. The van der Waals surface area contributed by atoms with Crippen molar-refractivity contribution in [3.63, 3.8) is 0 Å². The highest BCUT2D eigenvalue weighted by molar-refractivity contribution is 7.09. The predicted molar refractivity (Wildman–Crippen MR) is 73.6 cm³/mol. The largest absolute Gasteiger partial charge is 0.340 e. The number of carbonyl (C=O) groups is 1. The first kappa shape index (κ1) is 13.5. The summed E-state index contributed by atoms with van der Waals surface area (Å²) in [5.74, 6) is 0.308. The number of rotatable bonds is 4. The summed E-state index contributed by atoms with van der Waals surface area (Å²) in [5.41, 5.74) is 1.10. The molecular weight excluding hydrogens is 246 g/mol. The third-order valence-electron chi connectivity index (χ3n) is 3.21. The van der Waals surface area contributed by atoms with Crippen LogP contribution in [0.5, 0.6) is 0 Å². The Hall–Kier alpha value is -0.940. The van der Waals surface area contributed by atoms with Crippen LogP contribution in [0.15, 0.2) is 5.38 Å². The van der Waals surface area contributed by atoms with Crippen molar-refractivity contribution < 1.29 is 4.79 Å². The second kappa shape index (κ2) is 6.29. The molecule has 0 spiro atoms. The third-order valence-corrected chi connectivity index (χ3v) is 4.17. The minimum absolute atomic E-state index is 0.308. The zero-order chi connectivity index (χ0) is 13.0. The van der Waals surface area contributed by atoms with Crippen molar-refractivity contribution in [1.29, 1.82) is 0 Å². The van der Waals surface area contributed by atoms with Crippen molar-refractivity contribution >= 4 is 17.2 Å². The third kappa shape index (κ3) is 3.53. The fraction of sp³-hybridized carbons (Fsp3) is 0.692. The number of piperazine rings is 1. The molecule has 1 aromatic heterocycles. The summed E-state index contributed by atoms with van der Waals surface area (Å²) < 4.78 is 0. The van der Waals surface area contributed by atoms with Crippen LogP contribution in [-0.4, -0.2) is 46.9 Å². The van der Waals surface area contributed by atoms with Gasteiger partial charge in [-0.25, -0.2) is 4.98 Å². The average Bonchev–Trinajstić information content (AvgIpc) is 2.76. The van der Waals surface area contributed by atoms with Crippen LogP contribution in [0.3, 0.4) is 0 Å². The molecule has 0 atom stereocenters.